The van der Waals surface area contributed by atoms with Gasteiger partial charge in [-0.3, -0.25) is 9.59 Å². The number of aryl methyl sites for hydroxylation is 1. The van der Waals surface area contributed by atoms with Gasteiger partial charge in [-0.1, -0.05) is 18.6 Å². The first-order valence-electron chi connectivity index (χ1n) is 6.98. The van der Waals surface area contributed by atoms with E-state index in [1.165, 1.54) is 7.11 Å². The van der Waals surface area contributed by atoms with Crippen molar-refractivity contribution in [3.05, 3.63) is 48.0 Å². The molecule has 2 aromatic rings. The summed E-state index contributed by atoms with van der Waals surface area (Å²) in [6.07, 6.45) is 5.07. The highest BCUT2D eigenvalue weighted by molar-refractivity contribution is 5.98. The summed E-state index contributed by atoms with van der Waals surface area (Å²) in [5.41, 5.74) is 2.26. The van der Waals surface area contributed by atoms with Crippen LogP contribution in [-0.2, 0) is 9.53 Å². The molecular weight excluding hydrogens is 282 g/mol. The van der Waals surface area contributed by atoms with E-state index in [1.807, 2.05) is 25.1 Å². The molecule has 1 aromatic heterocycles. The number of methoxy groups -OCH3 is 1. The Labute approximate surface area is 129 Å². The summed E-state index contributed by atoms with van der Waals surface area (Å²) in [6.45, 7) is 3.85. The van der Waals surface area contributed by atoms with Gasteiger partial charge in [-0.2, -0.15) is 0 Å². The molecule has 1 heterocycles. The first kappa shape index (κ1) is 15.8. The lowest BCUT2D eigenvalue weighted by molar-refractivity contribution is -0.144. The summed E-state index contributed by atoms with van der Waals surface area (Å²) in [5.74, 6) is -0.974. The number of nitrogens with zero attached hydrogens (tertiary/aromatic N) is 2. The van der Waals surface area contributed by atoms with E-state index < -0.39 is 5.92 Å². The first-order chi connectivity index (χ1) is 10.5. The van der Waals surface area contributed by atoms with Crippen LogP contribution in [0.15, 0.2) is 36.9 Å². The van der Waals surface area contributed by atoms with Gasteiger partial charge in [-0.15, -0.1) is 0 Å². The second-order valence-electron chi connectivity index (χ2n) is 5.12. The molecule has 1 N–H and O–H groups in total. The molecule has 1 amide bonds. The van der Waals surface area contributed by atoms with E-state index in [-0.39, 0.29) is 18.4 Å². The standard InChI is InChI=1S/C16H19N3O3/c1-11-4-5-14(19-7-6-17-10-19)13(8-11)15(20)18-9-12(2)16(21)22-3/h4-8,10,12H,9H2,1-3H3,(H,18,20)/t12-/m1/s1. The van der Waals surface area contributed by atoms with Gasteiger partial charge in [0.1, 0.15) is 0 Å². The maximum atomic E-state index is 12.4. The van der Waals surface area contributed by atoms with Gasteiger partial charge >= 0.3 is 5.97 Å². The minimum atomic E-state index is -0.393. The van der Waals surface area contributed by atoms with Gasteiger partial charge in [0.15, 0.2) is 0 Å². The molecule has 0 fully saturated rings. The maximum Gasteiger partial charge on any atom is 0.310 e. The molecule has 0 saturated carbocycles. The number of carbonyl (C=O) groups excluding carboxylic acids is 2. The second kappa shape index (κ2) is 6.89. The Hall–Kier alpha value is -2.63. The lowest BCUT2D eigenvalue weighted by Gasteiger charge is -2.14. The van der Waals surface area contributed by atoms with Crippen LogP contribution in [-0.4, -0.2) is 35.1 Å². The lowest BCUT2D eigenvalue weighted by Crippen LogP contribution is -2.32. The van der Waals surface area contributed by atoms with Crippen molar-refractivity contribution in [2.75, 3.05) is 13.7 Å². The summed E-state index contributed by atoms with van der Waals surface area (Å²) >= 11 is 0. The van der Waals surface area contributed by atoms with Crippen molar-refractivity contribution in [1.82, 2.24) is 14.9 Å². The Kier molecular flexibility index (Phi) is 4.93. The third-order valence-electron chi connectivity index (χ3n) is 3.35. The molecule has 0 aliphatic heterocycles. The van der Waals surface area contributed by atoms with Crippen LogP contribution in [0.4, 0.5) is 0 Å². The van der Waals surface area contributed by atoms with E-state index in [4.69, 9.17) is 0 Å². The van der Waals surface area contributed by atoms with Crippen molar-refractivity contribution < 1.29 is 14.3 Å². The van der Waals surface area contributed by atoms with Crippen LogP contribution in [0, 0.1) is 12.8 Å². The van der Waals surface area contributed by atoms with E-state index >= 15 is 0 Å². The summed E-state index contributed by atoms with van der Waals surface area (Å²) in [6, 6.07) is 5.62. The second-order valence-corrected chi connectivity index (χ2v) is 5.12. The van der Waals surface area contributed by atoms with Crippen LogP contribution in [0.25, 0.3) is 5.69 Å². The third kappa shape index (κ3) is 3.52. The van der Waals surface area contributed by atoms with Crippen molar-refractivity contribution in [3.63, 3.8) is 0 Å². The summed E-state index contributed by atoms with van der Waals surface area (Å²) in [4.78, 5) is 27.8. The highest BCUT2D eigenvalue weighted by Crippen LogP contribution is 2.16. The Morgan fingerprint density at radius 1 is 1.41 bits per heavy atom. The molecular formula is C16H19N3O3. The molecule has 0 bridgehead atoms. The van der Waals surface area contributed by atoms with Gasteiger partial charge in [-0.05, 0) is 19.1 Å². The number of aromatic nitrogens is 2. The molecule has 0 unspecified atom stereocenters. The van der Waals surface area contributed by atoms with Gasteiger partial charge < -0.3 is 14.6 Å². The zero-order valence-corrected chi connectivity index (χ0v) is 12.9. The predicted octanol–water partition coefficient (Wildman–Crippen LogP) is 1.72. The van der Waals surface area contributed by atoms with Crippen LogP contribution in [0.2, 0.25) is 0 Å². The van der Waals surface area contributed by atoms with Crippen molar-refractivity contribution in [1.29, 1.82) is 0 Å². The van der Waals surface area contributed by atoms with Crippen LogP contribution < -0.4 is 5.32 Å². The van der Waals surface area contributed by atoms with E-state index in [0.717, 1.165) is 11.3 Å². The molecule has 1 aromatic carbocycles. The topological polar surface area (TPSA) is 73.2 Å². The van der Waals surface area contributed by atoms with Crippen LogP contribution in [0.3, 0.4) is 0 Å². The highest BCUT2D eigenvalue weighted by Gasteiger charge is 2.17. The number of rotatable bonds is 5. The molecule has 0 aliphatic carbocycles. The minimum absolute atomic E-state index is 0.225. The summed E-state index contributed by atoms with van der Waals surface area (Å²) in [5, 5.41) is 2.77. The van der Waals surface area contributed by atoms with Gasteiger partial charge in [-0.25, -0.2) is 4.98 Å². The average Bonchev–Trinajstić information content (AvgIpc) is 3.05. The van der Waals surface area contributed by atoms with Gasteiger partial charge in [0.2, 0.25) is 0 Å². The number of nitrogens with one attached hydrogen (secondary N) is 1. The van der Waals surface area contributed by atoms with Crippen molar-refractivity contribution in [2.45, 2.75) is 13.8 Å². The van der Waals surface area contributed by atoms with Gasteiger partial charge in [0.05, 0.1) is 30.6 Å². The van der Waals surface area contributed by atoms with Crippen molar-refractivity contribution in [3.8, 4) is 5.69 Å². The smallest absolute Gasteiger partial charge is 0.310 e. The number of ether oxygens (including phenoxy) is 1. The van der Waals surface area contributed by atoms with Crippen LogP contribution >= 0.6 is 0 Å². The van der Waals surface area contributed by atoms with Crippen molar-refractivity contribution >= 4 is 11.9 Å². The van der Waals surface area contributed by atoms with E-state index in [0.29, 0.717) is 5.56 Å². The number of amides is 1. The quantitative estimate of drug-likeness (QED) is 0.853. The number of imidazole rings is 1. The molecule has 6 nitrogen and oxygen atoms in total. The number of hydrogen-bond donors (Lipinski definition) is 1. The molecule has 116 valence electrons. The fraction of sp³-hybridized carbons (Fsp3) is 0.312. The molecule has 1 atom stereocenters. The maximum absolute atomic E-state index is 12.4. The van der Waals surface area contributed by atoms with Crippen LogP contribution in [0.1, 0.15) is 22.8 Å². The Morgan fingerprint density at radius 2 is 2.18 bits per heavy atom. The molecule has 0 saturated heterocycles. The normalized spacial score (nSPS) is 11.8. The number of carbonyl (C=O) groups is 2. The van der Waals surface area contributed by atoms with E-state index in [1.54, 1.807) is 30.2 Å². The number of esters is 1. The Morgan fingerprint density at radius 3 is 2.82 bits per heavy atom. The predicted molar refractivity (Wildman–Crippen MR) is 81.8 cm³/mol. The molecule has 6 heteroatoms. The summed E-state index contributed by atoms with van der Waals surface area (Å²) < 4.78 is 6.43. The zero-order valence-electron chi connectivity index (χ0n) is 12.9. The molecule has 0 radical (unpaired) electrons. The number of benzene rings is 1. The largest absolute Gasteiger partial charge is 0.469 e. The van der Waals surface area contributed by atoms with Gasteiger partial charge in [0, 0.05) is 18.9 Å². The molecule has 0 aliphatic rings. The lowest BCUT2D eigenvalue weighted by atomic mass is 10.1. The monoisotopic (exact) mass is 301 g/mol. The minimum Gasteiger partial charge on any atom is -0.469 e. The highest BCUT2D eigenvalue weighted by atomic mass is 16.5. The Balaban J connectivity index is 2.19. The van der Waals surface area contributed by atoms with Crippen molar-refractivity contribution in [2.24, 2.45) is 5.92 Å². The third-order valence-corrected chi connectivity index (χ3v) is 3.35. The molecule has 2 rings (SSSR count). The fourth-order valence-electron chi connectivity index (χ4n) is 2.08. The fourth-order valence-corrected chi connectivity index (χ4v) is 2.08. The molecule has 22 heavy (non-hydrogen) atoms. The first-order valence-corrected chi connectivity index (χ1v) is 6.98. The number of hydrogen-bond acceptors (Lipinski definition) is 4. The van der Waals surface area contributed by atoms with E-state index in [2.05, 4.69) is 15.0 Å². The van der Waals surface area contributed by atoms with Crippen LogP contribution in [0.5, 0.6) is 0 Å². The average molecular weight is 301 g/mol. The summed E-state index contributed by atoms with van der Waals surface area (Å²) in [7, 11) is 1.33. The van der Waals surface area contributed by atoms with E-state index in [9.17, 15) is 9.59 Å². The SMILES string of the molecule is COC(=O)[C@H](C)CNC(=O)c1cc(C)ccc1-n1ccnc1. The Bertz CT molecular complexity index is 665. The molecule has 0 spiro atoms. The van der Waals surface area contributed by atoms with Gasteiger partial charge in [0.25, 0.3) is 5.91 Å². The zero-order chi connectivity index (χ0) is 16.1.